The van der Waals surface area contributed by atoms with Gasteiger partial charge in [0.05, 0.1) is 6.10 Å². The molecule has 0 radical (unpaired) electrons. The second-order valence-electron chi connectivity index (χ2n) is 2.50. The van der Waals surface area contributed by atoms with E-state index in [-0.39, 0.29) is 6.10 Å². The van der Waals surface area contributed by atoms with Crippen molar-refractivity contribution in [2.45, 2.75) is 45.6 Å². The van der Waals surface area contributed by atoms with Gasteiger partial charge in [-0.3, -0.25) is 0 Å². The zero-order valence-corrected chi connectivity index (χ0v) is 7.06. The summed E-state index contributed by atoms with van der Waals surface area (Å²) >= 11 is 0. The van der Waals surface area contributed by atoms with Gasteiger partial charge >= 0.3 is 0 Å². The van der Waals surface area contributed by atoms with Crippen LogP contribution >= 0.6 is 0 Å². The van der Waals surface area contributed by atoms with Crippen molar-refractivity contribution in [3.63, 3.8) is 0 Å². The summed E-state index contributed by atoms with van der Waals surface area (Å²) in [5.41, 5.74) is 1.21. The maximum Gasteiger partial charge on any atom is 0.0577 e. The lowest BCUT2D eigenvalue weighted by atomic mass is 9.94. The molecule has 0 aromatic carbocycles. The van der Waals surface area contributed by atoms with E-state index in [1.165, 1.54) is 5.57 Å². The molecule has 0 aromatic rings. The smallest absolute Gasteiger partial charge is 0.0577 e. The molecule has 0 amide bonds. The summed E-state index contributed by atoms with van der Waals surface area (Å²) in [6, 6.07) is 0. The van der Waals surface area contributed by atoms with E-state index in [1.54, 1.807) is 0 Å². The number of rotatable bonds is 0. The standard InChI is InChI=1S/C7H12O.C2H6/c1-6-3-2-4-7(8)5-6;1-2/h7-8H,1-5H2;1-2H3. The maximum absolute atomic E-state index is 9.02. The van der Waals surface area contributed by atoms with E-state index in [2.05, 4.69) is 6.58 Å². The summed E-state index contributed by atoms with van der Waals surface area (Å²) in [7, 11) is 0. The van der Waals surface area contributed by atoms with Crippen LogP contribution in [0.5, 0.6) is 0 Å². The Balaban J connectivity index is 0.000000371. The Hall–Kier alpha value is -0.300. The van der Waals surface area contributed by atoms with Crippen molar-refractivity contribution in [3.8, 4) is 0 Å². The number of hydrogen-bond acceptors (Lipinski definition) is 1. The average Bonchev–Trinajstić information content (AvgIpc) is 1.91. The second kappa shape index (κ2) is 5.48. The van der Waals surface area contributed by atoms with Gasteiger partial charge in [-0.15, -0.1) is 0 Å². The topological polar surface area (TPSA) is 20.2 Å². The average molecular weight is 142 g/mol. The normalized spacial score (nSPS) is 25.1. The lowest BCUT2D eigenvalue weighted by Crippen LogP contribution is -2.11. The second-order valence-corrected chi connectivity index (χ2v) is 2.50. The molecule has 1 aliphatic carbocycles. The van der Waals surface area contributed by atoms with E-state index < -0.39 is 0 Å². The monoisotopic (exact) mass is 142 g/mol. The molecule has 1 unspecified atom stereocenters. The van der Waals surface area contributed by atoms with Crippen LogP contribution in [0.3, 0.4) is 0 Å². The van der Waals surface area contributed by atoms with Gasteiger partial charge in [-0.2, -0.15) is 0 Å². The molecule has 0 heterocycles. The Kier molecular flexibility index (Phi) is 5.32. The van der Waals surface area contributed by atoms with Crippen LogP contribution in [0.1, 0.15) is 39.5 Å². The van der Waals surface area contributed by atoms with Gasteiger partial charge < -0.3 is 5.11 Å². The summed E-state index contributed by atoms with van der Waals surface area (Å²) in [4.78, 5) is 0. The van der Waals surface area contributed by atoms with E-state index in [0.717, 1.165) is 25.7 Å². The molecule has 0 aromatic heterocycles. The Bertz CT molecular complexity index is 96.9. The first-order chi connectivity index (χ1) is 4.79. The minimum Gasteiger partial charge on any atom is -0.393 e. The van der Waals surface area contributed by atoms with Crippen molar-refractivity contribution >= 4 is 0 Å². The maximum atomic E-state index is 9.02. The van der Waals surface area contributed by atoms with Crippen molar-refractivity contribution in [2.75, 3.05) is 0 Å². The van der Waals surface area contributed by atoms with Crippen LogP contribution in [0, 0.1) is 0 Å². The largest absolute Gasteiger partial charge is 0.393 e. The van der Waals surface area contributed by atoms with Gasteiger partial charge in [-0.1, -0.05) is 26.0 Å². The zero-order valence-electron chi connectivity index (χ0n) is 7.06. The molecule has 1 fully saturated rings. The molecule has 60 valence electrons. The molecular formula is C9H18O. The Morgan fingerprint density at radius 1 is 1.50 bits per heavy atom. The van der Waals surface area contributed by atoms with Gasteiger partial charge in [0.15, 0.2) is 0 Å². The highest BCUT2D eigenvalue weighted by Gasteiger charge is 2.11. The summed E-state index contributed by atoms with van der Waals surface area (Å²) in [5.74, 6) is 0. The van der Waals surface area contributed by atoms with Crippen LogP contribution in [0.25, 0.3) is 0 Å². The summed E-state index contributed by atoms with van der Waals surface area (Å²) in [5, 5.41) is 9.02. The molecule has 1 N–H and O–H groups in total. The van der Waals surface area contributed by atoms with Gasteiger partial charge in [0.1, 0.15) is 0 Å². The van der Waals surface area contributed by atoms with Crippen molar-refractivity contribution in [3.05, 3.63) is 12.2 Å². The number of hydrogen-bond donors (Lipinski definition) is 1. The summed E-state index contributed by atoms with van der Waals surface area (Å²) in [6.45, 7) is 7.80. The molecule has 10 heavy (non-hydrogen) atoms. The Labute approximate surface area is 63.8 Å². The van der Waals surface area contributed by atoms with Crippen LogP contribution < -0.4 is 0 Å². The first-order valence-corrected chi connectivity index (χ1v) is 4.14. The molecule has 1 heteroatoms. The quantitative estimate of drug-likeness (QED) is 0.515. The lowest BCUT2D eigenvalue weighted by Gasteiger charge is -2.17. The zero-order chi connectivity index (χ0) is 7.98. The molecule has 0 bridgehead atoms. The molecular weight excluding hydrogens is 124 g/mol. The van der Waals surface area contributed by atoms with E-state index in [4.69, 9.17) is 5.11 Å². The van der Waals surface area contributed by atoms with Crippen LogP contribution in [-0.4, -0.2) is 11.2 Å². The van der Waals surface area contributed by atoms with E-state index >= 15 is 0 Å². The van der Waals surface area contributed by atoms with Gasteiger partial charge in [0.2, 0.25) is 0 Å². The van der Waals surface area contributed by atoms with Crippen LogP contribution in [0.15, 0.2) is 12.2 Å². The third-order valence-corrected chi connectivity index (χ3v) is 1.59. The van der Waals surface area contributed by atoms with Gasteiger partial charge in [-0.05, 0) is 25.7 Å². The molecule has 0 aliphatic heterocycles. The van der Waals surface area contributed by atoms with Crippen LogP contribution in [0.2, 0.25) is 0 Å². The van der Waals surface area contributed by atoms with E-state index in [1.807, 2.05) is 13.8 Å². The SMILES string of the molecule is C=C1CCCC(O)C1.CC. The van der Waals surface area contributed by atoms with Gasteiger partial charge in [0, 0.05) is 0 Å². The molecule has 1 atom stereocenters. The van der Waals surface area contributed by atoms with Crippen LogP contribution in [-0.2, 0) is 0 Å². The lowest BCUT2D eigenvalue weighted by molar-refractivity contribution is 0.150. The first-order valence-electron chi connectivity index (χ1n) is 4.14. The molecule has 1 saturated carbocycles. The fraction of sp³-hybridized carbons (Fsp3) is 0.778. The molecule has 1 rings (SSSR count). The Morgan fingerprint density at radius 2 is 2.10 bits per heavy atom. The third-order valence-electron chi connectivity index (χ3n) is 1.59. The Morgan fingerprint density at radius 3 is 2.40 bits per heavy atom. The predicted molar refractivity (Wildman–Crippen MR) is 45.0 cm³/mol. The van der Waals surface area contributed by atoms with Crippen molar-refractivity contribution < 1.29 is 5.11 Å². The van der Waals surface area contributed by atoms with Crippen molar-refractivity contribution in [1.82, 2.24) is 0 Å². The number of aliphatic hydroxyl groups excluding tert-OH is 1. The highest BCUT2D eigenvalue weighted by atomic mass is 16.3. The molecule has 0 saturated heterocycles. The molecule has 1 nitrogen and oxygen atoms in total. The summed E-state index contributed by atoms with van der Waals surface area (Å²) in [6.07, 6.45) is 3.96. The van der Waals surface area contributed by atoms with Crippen LogP contribution in [0.4, 0.5) is 0 Å². The fourth-order valence-electron chi connectivity index (χ4n) is 1.13. The van der Waals surface area contributed by atoms with Gasteiger partial charge in [-0.25, -0.2) is 0 Å². The fourth-order valence-corrected chi connectivity index (χ4v) is 1.13. The van der Waals surface area contributed by atoms with Crippen molar-refractivity contribution in [1.29, 1.82) is 0 Å². The van der Waals surface area contributed by atoms with Gasteiger partial charge in [0.25, 0.3) is 0 Å². The highest BCUT2D eigenvalue weighted by molar-refractivity contribution is 4.99. The summed E-state index contributed by atoms with van der Waals surface area (Å²) < 4.78 is 0. The predicted octanol–water partition coefficient (Wildman–Crippen LogP) is 2.50. The molecule has 1 aliphatic rings. The van der Waals surface area contributed by atoms with E-state index in [0.29, 0.717) is 0 Å². The number of aliphatic hydroxyl groups is 1. The highest BCUT2D eigenvalue weighted by Crippen LogP contribution is 2.20. The third kappa shape index (κ3) is 3.67. The van der Waals surface area contributed by atoms with E-state index in [9.17, 15) is 0 Å². The minimum absolute atomic E-state index is 0.0868. The minimum atomic E-state index is -0.0868. The molecule has 0 spiro atoms. The van der Waals surface area contributed by atoms with Crippen molar-refractivity contribution in [2.24, 2.45) is 0 Å². The first kappa shape index (κ1) is 9.70.